The molecule has 0 saturated carbocycles. The summed E-state index contributed by atoms with van der Waals surface area (Å²) in [5.74, 6) is -2.42. The van der Waals surface area contributed by atoms with Crippen LogP contribution in [0.25, 0.3) is 11.4 Å². The molecular weight excluding hydrogens is 384 g/mol. The Hall–Kier alpha value is -3.62. The van der Waals surface area contributed by atoms with Gasteiger partial charge in [-0.25, -0.2) is 8.78 Å². The second-order valence-electron chi connectivity index (χ2n) is 6.26. The van der Waals surface area contributed by atoms with E-state index >= 15 is 0 Å². The second kappa shape index (κ2) is 9.05. The number of aliphatic carboxylic acids is 1. The molecule has 1 atom stereocenters. The van der Waals surface area contributed by atoms with Gasteiger partial charge in [-0.05, 0) is 29.8 Å². The highest BCUT2D eigenvalue weighted by Gasteiger charge is 2.19. The first kappa shape index (κ1) is 20.1. The highest BCUT2D eigenvalue weighted by Crippen LogP contribution is 2.20. The number of carboxylic acids is 1. The van der Waals surface area contributed by atoms with E-state index in [-0.39, 0.29) is 30.1 Å². The Bertz CT molecular complexity index is 1020. The van der Waals surface area contributed by atoms with Crippen LogP contribution < -0.4 is 5.32 Å². The molecule has 3 rings (SSSR count). The Balaban J connectivity index is 1.62. The Morgan fingerprint density at radius 2 is 1.93 bits per heavy atom. The smallest absolute Gasteiger partial charge is 0.305 e. The maximum absolute atomic E-state index is 13.8. The maximum Gasteiger partial charge on any atom is 0.305 e. The number of aromatic nitrogens is 2. The van der Waals surface area contributed by atoms with E-state index in [4.69, 9.17) is 9.63 Å². The van der Waals surface area contributed by atoms with E-state index in [1.54, 1.807) is 6.07 Å². The molecule has 0 bridgehead atoms. The van der Waals surface area contributed by atoms with Crippen molar-refractivity contribution in [3.05, 3.63) is 71.6 Å². The van der Waals surface area contributed by atoms with Crippen LogP contribution in [-0.4, -0.2) is 27.1 Å². The molecule has 150 valence electrons. The molecule has 0 spiro atoms. The minimum Gasteiger partial charge on any atom is -0.481 e. The summed E-state index contributed by atoms with van der Waals surface area (Å²) in [6.07, 6.45) is -0.381. The molecule has 1 heterocycles. The van der Waals surface area contributed by atoms with Crippen molar-refractivity contribution >= 4 is 11.9 Å². The third-order valence-corrected chi connectivity index (χ3v) is 4.11. The molecule has 2 N–H and O–H groups in total. The van der Waals surface area contributed by atoms with Crippen LogP contribution in [0.1, 0.15) is 30.3 Å². The summed E-state index contributed by atoms with van der Waals surface area (Å²) < 4.78 is 32.2. The van der Waals surface area contributed by atoms with E-state index in [9.17, 15) is 18.4 Å². The van der Waals surface area contributed by atoms with Gasteiger partial charge in [0.15, 0.2) is 0 Å². The van der Waals surface area contributed by atoms with Crippen molar-refractivity contribution < 1.29 is 28.0 Å². The zero-order valence-corrected chi connectivity index (χ0v) is 15.1. The molecule has 0 saturated heterocycles. The number of carboxylic acid groups (broad SMARTS) is 1. The fourth-order valence-corrected chi connectivity index (χ4v) is 2.75. The third-order valence-electron chi connectivity index (χ3n) is 4.11. The maximum atomic E-state index is 13.8. The molecule has 2 aromatic carbocycles. The SMILES string of the molecule is O=C(O)CC(NC(=O)CCc1nc(-c2ccccc2F)no1)c1cccc(F)c1. The molecule has 29 heavy (non-hydrogen) atoms. The van der Waals surface area contributed by atoms with Crippen molar-refractivity contribution in [2.24, 2.45) is 0 Å². The monoisotopic (exact) mass is 401 g/mol. The molecule has 1 aromatic heterocycles. The Labute approximate surface area is 164 Å². The lowest BCUT2D eigenvalue weighted by atomic mass is 10.0. The van der Waals surface area contributed by atoms with Crippen molar-refractivity contribution in [3.63, 3.8) is 0 Å². The van der Waals surface area contributed by atoms with Crippen LogP contribution in [-0.2, 0) is 16.0 Å². The van der Waals surface area contributed by atoms with Crippen LogP contribution in [0.3, 0.4) is 0 Å². The Morgan fingerprint density at radius 3 is 2.66 bits per heavy atom. The number of benzene rings is 2. The zero-order chi connectivity index (χ0) is 20.8. The number of hydrogen-bond donors (Lipinski definition) is 2. The lowest BCUT2D eigenvalue weighted by molar-refractivity contribution is -0.137. The van der Waals surface area contributed by atoms with Gasteiger partial charge in [0, 0.05) is 12.8 Å². The largest absolute Gasteiger partial charge is 0.481 e. The first-order valence-corrected chi connectivity index (χ1v) is 8.76. The number of hydrogen-bond acceptors (Lipinski definition) is 5. The summed E-state index contributed by atoms with van der Waals surface area (Å²) in [5.41, 5.74) is 0.528. The summed E-state index contributed by atoms with van der Waals surface area (Å²) in [6, 6.07) is 10.4. The highest BCUT2D eigenvalue weighted by molar-refractivity contribution is 5.78. The third kappa shape index (κ3) is 5.44. The van der Waals surface area contributed by atoms with Gasteiger partial charge < -0.3 is 14.9 Å². The fourth-order valence-electron chi connectivity index (χ4n) is 2.75. The van der Waals surface area contributed by atoms with Gasteiger partial charge in [0.05, 0.1) is 18.0 Å². The molecule has 9 heteroatoms. The van der Waals surface area contributed by atoms with Gasteiger partial charge >= 0.3 is 5.97 Å². The van der Waals surface area contributed by atoms with Crippen LogP contribution in [0.15, 0.2) is 53.1 Å². The van der Waals surface area contributed by atoms with E-state index in [1.165, 1.54) is 42.5 Å². The molecular formula is C20H17F2N3O4. The molecule has 0 aliphatic heterocycles. The predicted molar refractivity (Wildman–Crippen MR) is 97.5 cm³/mol. The summed E-state index contributed by atoms with van der Waals surface area (Å²) in [5, 5.41) is 15.3. The number of nitrogens with zero attached hydrogens (tertiary/aromatic N) is 2. The quantitative estimate of drug-likeness (QED) is 0.600. The molecule has 7 nitrogen and oxygen atoms in total. The van der Waals surface area contributed by atoms with Crippen molar-refractivity contribution in [2.75, 3.05) is 0 Å². The topological polar surface area (TPSA) is 105 Å². The summed E-state index contributed by atoms with van der Waals surface area (Å²) in [7, 11) is 0. The van der Waals surface area contributed by atoms with E-state index in [1.807, 2.05) is 0 Å². The van der Waals surface area contributed by atoms with Gasteiger partial charge in [-0.15, -0.1) is 0 Å². The van der Waals surface area contributed by atoms with Gasteiger partial charge in [-0.1, -0.05) is 29.4 Å². The summed E-state index contributed by atoms with van der Waals surface area (Å²) in [4.78, 5) is 27.4. The minimum absolute atomic E-state index is 0.0651. The lowest BCUT2D eigenvalue weighted by Crippen LogP contribution is -2.30. The Morgan fingerprint density at radius 1 is 1.14 bits per heavy atom. The van der Waals surface area contributed by atoms with Crippen molar-refractivity contribution in [3.8, 4) is 11.4 Å². The number of aryl methyl sites for hydroxylation is 1. The van der Waals surface area contributed by atoms with Gasteiger partial charge in [-0.3, -0.25) is 9.59 Å². The summed E-state index contributed by atoms with van der Waals surface area (Å²) in [6.45, 7) is 0. The van der Waals surface area contributed by atoms with Gasteiger partial charge in [-0.2, -0.15) is 4.98 Å². The molecule has 0 radical (unpaired) electrons. The second-order valence-corrected chi connectivity index (χ2v) is 6.26. The standard InChI is InChI=1S/C20H17F2N3O4/c21-13-5-3-4-12(10-13)16(11-19(27)28)23-17(26)8-9-18-24-20(25-29-18)14-6-1-2-7-15(14)22/h1-7,10,16H,8-9,11H2,(H,23,26)(H,27,28). The van der Waals surface area contributed by atoms with Crippen LogP contribution in [0, 0.1) is 11.6 Å². The van der Waals surface area contributed by atoms with E-state index in [0.29, 0.717) is 5.56 Å². The van der Waals surface area contributed by atoms with Crippen molar-refractivity contribution in [1.29, 1.82) is 0 Å². The number of rotatable bonds is 8. The van der Waals surface area contributed by atoms with E-state index in [2.05, 4.69) is 15.5 Å². The number of carbonyl (C=O) groups is 2. The summed E-state index contributed by atoms with van der Waals surface area (Å²) >= 11 is 0. The lowest BCUT2D eigenvalue weighted by Gasteiger charge is -2.17. The molecule has 1 amide bonds. The van der Waals surface area contributed by atoms with Crippen LogP contribution in [0.4, 0.5) is 8.78 Å². The average molecular weight is 401 g/mol. The van der Waals surface area contributed by atoms with Crippen LogP contribution in [0.2, 0.25) is 0 Å². The molecule has 0 aliphatic rings. The van der Waals surface area contributed by atoms with Gasteiger partial charge in [0.1, 0.15) is 11.6 Å². The molecule has 0 fully saturated rings. The molecule has 1 unspecified atom stereocenters. The number of nitrogens with one attached hydrogen (secondary N) is 1. The first-order chi connectivity index (χ1) is 13.9. The van der Waals surface area contributed by atoms with Gasteiger partial charge in [0.2, 0.25) is 17.6 Å². The van der Waals surface area contributed by atoms with Crippen molar-refractivity contribution in [1.82, 2.24) is 15.5 Å². The minimum atomic E-state index is -1.13. The Kier molecular flexibility index (Phi) is 6.28. The first-order valence-electron chi connectivity index (χ1n) is 8.76. The molecule has 3 aromatic rings. The predicted octanol–water partition coefficient (Wildman–Crippen LogP) is 3.28. The zero-order valence-electron chi connectivity index (χ0n) is 15.1. The highest BCUT2D eigenvalue weighted by atomic mass is 19.1. The normalized spacial score (nSPS) is 11.8. The van der Waals surface area contributed by atoms with E-state index < -0.39 is 36.0 Å². The average Bonchev–Trinajstić information content (AvgIpc) is 3.15. The van der Waals surface area contributed by atoms with Crippen LogP contribution in [0.5, 0.6) is 0 Å². The number of halogens is 2. The molecule has 0 aliphatic carbocycles. The number of carbonyl (C=O) groups excluding carboxylic acids is 1. The van der Waals surface area contributed by atoms with Crippen LogP contribution >= 0.6 is 0 Å². The fraction of sp³-hybridized carbons (Fsp3) is 0.200. The van der Waals surface area contributed by atoms with E-state index in [0.717, 1.165) is 0 Å². The number of amides is 1. The van der Waals surface area contributed by atoms with Crippen molar-refractivity contribution in [2.45, 2.75) is 25.3 Å². The van der Waals surface area contributed by atoms with Gasteiger partial charge in [0.25, 0.3) is 0 Å².